The minimum absolute atomic E-state index is 0.0978. The molecular formula is C16H19F3N2O5. The maximum absolute atomic E-state index is 12.0. The monoisotopic (exact) mass is 376 g/mol. The number of hydrogen-bond donors (Lipinski definition) is 1. The van der Waals surface area contributed by atoms with E-state index in [1.807, 2.05) is 4.90 Å². The number of esters is 1. The minimum Gasteiger partial charge on any atom is -0.465 e. The Kier molecular flexibility index (Phi) is 6.81. The lowest BCUT2D eigenvalue weighted by Crippen LogP contribution is -2.36. The quantitative estimate of drug-likeness (QED) is 0.764. The summed E-state index contributed by atoms with van der Waals surface area (Å²) < 4.78 is 50.4. The highest BCUT2D eigenvalue weighted by atomic mass is 19.4. The highest BCUT2D eigenvalue weighted by molar-refractivity contribution is 6.02. The third kappa shape index (κ3) is 5.88. The summed E-state index contributed by atoms with van der Waals surface area (Å²) in [6.07, 6.45) is -4.52. The largest absolute Gasteiger partial charge is 0.465 e. The molecule has 1 heterocycles. The van der Waals surface area contributed by atoms with Crippen molar-refractivity contribution in [1.29, 1.82) is 0 Å². The van der Waals surface area contributed by atoms with Gasteiger partial charge < -0.3 is 24.4 Å². The molecule has 1 amide bonds. The molecule has 0 spiro atoms. The van der Waals surface area contributed by atoms with Crippen LogP contribution in [0, 0.1) is 0 Å². The van der Waals surface area contributed by atoms with E-state index < -0.39 is 31.3 Å². The average Bonchev–Trinajstić information content (AvgIpc) is 2.61. The first-order valence-corrected chi connectivity index (χ1v) is 7.79. The van der Waals surface area contributed by atoms with Crippen LogP contribution in [0.1, 0.15) is 10.4 Å². The first-order valence-electron chi connectivity index (χ1n) is 7.79. The van der Waals surface area contributed by atoms with Gasteiger partial charge in [-0.2, -0.15) is 13.2 Å². The number of alkyl halides is 3. The van der Waals surface area contributed by atoms with Crippen LogP contribution in [0.4, 0.5) is 24.5 Å². The van der Waals surface area contributed by atoms with Gasteiger partial charge in [0.25, 0.3) is 0 Å². The van der Waals surface area contributed by atoms with Crippen molar-refractivity contribution in [2.75, 3.05) is 56.8 Å². The smallest absolute Gasteiger partial charge is 0.411 e. The van der Waals surface area contributed by atoms with Crippen molar-refractivity contribution in [2.45, 2.75) is 6.18 Å². The number of ether oxygens (including phenoxy) is 3. The standard InChI is InChI=1S/C16H19F3N2O5/c1-24-15(23)12-8-11(21-4-6-25-7-5-21)2-3-13(12)20-14(22)9-26-10-16(17,18)19/h2-3,8H,4-7,9-10H2,1H3,(H,20,22). The van der Waals surface area contributed by atoms with Gasteiger partial charge in [0.1, 0.15) is 13.2 Å². The normalized spacial score (nSPS) is 14.8. The summed E-state index contributed by atoms with van der Waals surface area (Å²) in [4.78, 5) is 25.8. The van der Waals surface area contributed by atoms with Crippen LogP contribution in [0.15, 0.2) is 18.2 Å². The third-order valence-electron chi connectivity index (χ3n) is 3.56. The summed E-state index contributed by atoms with van der Waals surface area (Å²) in [7, 11) is 1.20. The molecule has 1 saturated heterocycles. The molecule has 0 aliphatic carbocycles. The second kappa shape index (κ2) is 8.86. The molecule has 2 rings (SSSR count). The van der Waals surface area contributed by atoms with Gasteiger partial charge in [0.2, 0.25) is 5.91 Å². The Morgan fingerprint density at radius 1 is 1.27 bits per heavy atom. The van der Waals surface area contributed by atoms with E-state index >= 15 is 0 Å². The number of carbonyl (C=O) groups excluding carboxylic acids is 2. The Morgan fingerprint density at radius 3 is 2.58 bits per heavy atom. The number of morpholine rings is 1. The summed E-state index contributed by atoms with van der Waals surface area (Å²) in [6, 6.07) is 4.76. The van der Waals surface area contributed by atoms with Crippen molar-refractivity contribution >= 4 is 23.3 Å². The minimum atomic E-state index is -4.52. The van der Waals surface area contributed by atoms with E-state index in [2.05, 4.69) is 10.1 Å². The molecule has 0 unspecified atom stereocenters. The molecule has 1 aliphatic heterocycles. The van der Waals surface area contributed by atoms with Gasteiger partial charge in [-0.15, -0.1) is 0 Å². The summed E-state index contributed by atoms with van der Waals surface area (Å²) in [6.45, 7) is 0.103. The zero-order chi connectivity index (χ0) is 19.2. The van der Waals surface area contributed by atoms with E-state index in [0.717, 1.165) is 5.69 Å². The lowest BCUT2D eigenvalue weighted by molar-refractivity contribution is -0.174. The van der Waals surface area contributed by atoms with Gasteiger partial charge >= 0.3 is 12.1 Å². The number of nitrogens with zero attached hydrogens (tertiary/aromatic N) is 1. The lowest BCUT2D eigenvalue weighted by Gasteiger charge is -2.29. The first kappa shape index (κ1) is 20.0. The zero-order valence-electron chi connectivity index (χ0n) is 14.1. The molecular weight excluding hydrogens is 357 g/mol. The van der Waals surface area contributed by atoms with Gasteiger partial charge in [0.15, 0.2) is 0 Å². The fourth-order valence-corrected chi connectivity index (χ4v) is 2.38. The number of hydrogen-bond acceptors (Lipinski definition) is 6. The topological polar surface area (TPSA) is 77.1 Å². The van der Waals surface area contributed by atoms with Crippen molar-refractivity contribution in [3.05, 3.63) is 23.8 Å². The lowest BCUT2D eigenvalue weighted by atomic mass is 10.1. The van der Waals surface area contributed by atoms with E-state index in [1.165, 1.54) is 13.2 Å². The van der Waals surface area contributed by atoms with Crippen molar-refractivity contribution in [3.8, 4) is 0 Å². The fourth-order valence-electron chi connectivity index (χ4n) is 2.38. The van der Waals surface area contributed by atoms with Crippen LogP contribution in [0.2, 0.25) is 0 Å². The number of halogens is 3. The summed E-state index contributed by atoms with van der Waals surface area (Å²) in [5.41, 5.74) is 0.982. The number of benzene rings is 1. The number of anilines is 2. The van der Waals surface area contributed by atoms with Crippen LogP contribution in [0.5, 0.6) is 0 Å². The molecule has 0 atom stereocenters. The summed E-state index contributed by atoms with van der Waals surface area (Å²) >= 11 is 0. The molecule has 0 radical (unpaired) electrons. The Labute approximate surface area is 148 Å². The number of nitrogens with one attached hydrogen (secondary N) is 1. The van der Waals surface area contributed by atoms with E-state index in [9.17, 15) is 22.8 Å². The molecule has 1 aromatic carbocycles. The molecule has 0 aromatic heterocycles. The Hall–Kier alpha value is -2.33. The van der Waals surface area contributed by atoms with Crippen molar-refractivity contribution in [3.63, 3.8) is 0 Å². The molecule has 144 valence electrons. The van der Waals surface area contributed by atoms with Gasteiger partial charge in [-0.25, -0.2) is 4.79 Å². The zero-order valence-corrected chi connectivity index (χ0v) is 14.1. The molecule has 1 aromatic rings. The Balaban J connectivity index is 2.08. The highest BCUT2D eigenvalue weighted by Crippen LogP contribution is 2.25. The van der Waals surface area contributed by atoms with Crippen molar-refractivity contribution in [1.82, 2.24) is 0 Å². The first-order chi connectivity index (χ1) is 12.3. The van der Waals surface area contributed by atoms with Gasteiger partial charge in [-0.3, -0.25) is 4.79 Å². The second-order valence-electron chi connectivity index (χ2n) is 5.48. The van der Waals surface area contributed by atoms with Gasteiger partial charge in [0.05, 0.1) is 31.6 Å². The van der Waals surface area contributed by atoms with Crippen molar-refractivity contribution < 1.29 is 37.0 Å². The van der Waals surface area contributed by atoms with Crippen molar-refractivity contribution in [2.24, 2.45) is 0 Å². The molecule has 26 heavy (non-hydrogen) atoms. The van der Waals surface area contributed by atoms with Crippen LogP contribution < -0.4 is 10.2 Å². The fraction of sp³-hybridized carbons (Fsp3) is 0.500. The molecule has 0 saturated carbocycles. The predicted octanol–water partition coefficient (Wildman–Crippen LogP) is 1.83. The molecule has 1 aliphatic rings. The average molecular weight is 376 g/mol. The van der Waals surface area contributed by atoms with Crippen LogP contribution in [0.3, 0.4) is 0 Å². The third-order valence-corrected chi connectivity index (χ3v) is 3.56. The number of carbonyl (C=O) groups is 2. The molecule has 1 N–H and O–H groups in total. The van der Waals surface area contributed by atoms with E-state index in [0.29, 0.717) is 26.3 Å². The van der Waals surface area contributed by atoms with Gasteiger partial charge in [0, 0.05) is 18.8 Å². The van der Waals surface area contributed by atoms with Crippen LogP contribution in [-0.4, -0.2) is 64.7 Å². The number of rotatable bonds is 6. The SMILES string of the molecule is COC(=O)c1cc(N2CCOCC2)ccc1NC(=O)COCC(F)(F)F. The number of amides is 1. The maximum atomic E-state index is 12.0. The molecule has 1 fully saturated rings. The summed E-state index contributed by atoms with van der Waals surface area (Å²) in [5, 5.41) is 2.37. The highest BCUT2D eigenvalue weighted by Gasteiger charge is 2.28. The van der Waals surface area contributed by atoms with Crippen LogP contribution in [0.25, 0.3) is 0 Å². The van der Waals surface area contributed by atoms with Gasteiger partial charge in [-0.05, 0) is 18.2 Å². The van der Waals surface area contributed by atoms with E-state index in [4.69, 9.17) is 9.47 Å². The van der Waals surface area contributed by atoms with E-state index in [-0.39, 0.29) is 11.3 Å². The van der Waals surface area contributed by atoms with E-state index in [1.54, 1.807) is 12.1 Å². The summed E-state index contributed by atoms with van der Waals surface area (Å²) in [5.74, 6) is -1.48. The van der Waals surface area contributed by atoms with Crippen LogP contribution >= 0.6 is 0 Å². The second-order valence-corrected chi connectivity index (χ2v) is 5.48. The Bertz CT molecular complexity index is 645. The van der Waals surface area contributed by atoms with Crippen LogP contribution in [-0.2, 0) is 19.0 Å². The van der Waals surface area contributed by atoms with Gasteiger partial charge in [-0.1, -0.05) is 0 Å². The maximum Gasteiger partial charge on any atom is 0.411 e. The number of methoxy groups -OCH3 is 1. The predicted molar refractivity (Wildman–Crippen MR) is 86.3 cm³/mol. The Morgan fingerprint density at radius 2 is 1.96 bits per heavy atom. The molecule has 0 bridgehead atoms. The molecule has 10 heteroatoms. The molecule has 7 nitrogen and oxygen atoms in total.